The van der Waals surface area contributed by atoms with Crippen LogP contribution in [0.15, 0.2) is 72.8 Å². The molecule has 0 aliphatic carbocycles. The van der Waals surface area contributed by atoms with E-state index in [1.54, 1.807) is 24.3 Å². The van der Waals surface area contributed by atoms with Crippen molar-refractivity contribution < 1.29 is 14.7 Å². The van der Waals surface area contributed by atoms with Gasteiger partial charge in [0.2, 0.25) is 0 Å². The molecule has 1 unspecified atom stereocenters. The number of carbonyl (C=O) groups is 2. The van der Waals surface area contributed by atoms with Crippen molar-refractivity contribution in [1.29, 1.82) is 0 Å². The van der Waals surface area contributed by atoms with Crippen LogP contribution in [-0.2, 0) is 17.8 Å². The Hall–Kier alpha value is -3.48. The Morgan fingerprint density at radius 1 is 0.941 bits per heavy atom. The van der Waals surface area contributed by atoms with Crippen LogP contribution in [0.4, 0.5) is 0 Å². The largest absolute Gasteiger partial charge is 0.480 e. The summed E-state index contributed by atoms with van der Waals surface area (Å²) in [6.45, 7) is 5.19. The van der Waals surface area contributed by atoms with E-state index in [0.29, 0.717) is 24.6 Å². The monoisotopic (exact) mass is 459 g/mol. The van der Waals surface area contributed by atoms with Crippen molar-refractivity contribution >= 4 is 11.9 Å². The molecule has 6 N–H and O–H groups in total. The first kappa shape index (κ1) is 25.1. The highest BCUT2D eigenvalue weighted by atomic mass is 16.4. The third kappa shape index (κ3) is 6.31. The molecule has 0 aliphatic heterocycles. The maximum atomic E-state index is 12.8. The standard InChI is InChI=1S/C28H33N3O3/c1-18(2)25(24-13-12-22(15-23(24)16-29)20-6-4-3-5-7-20)17-31-27(32)21-10-8-19(9-11-21)14-26(30)28(33)34/h3-13,15,18,25-26H,14,16-17,29-30H2,1-2H3,(H,31,32)(H,33,34)/t25-,26?/m1/s1. The van der Waals surface area contributed by atoms with Crippen molar-refractivity contribution in [2.24, 2.45) is 17.4 Å². The molecule has 0 bridgehead atoms. The first-order valence-electron chi connectivity index (χ1n) is 11.5. The lowest BCUT2D eigenvalue weighted by atomic mass is 9.84. The van der Waals surface area contributed by atoms with Crippen LogP contribution in [0.2, 0.25) is 0 Å². The first-order valence-corrected chi connectivity index (χ1v) is 11.5. The molecule has 6 nitrogen and oxygen atoms in total. The fourth-order valence-corrected chi connectivity index (χ4v) is 4.10. The van der Waals surface area contributed by atoms with Crippen molar-refractivity contribution in [3.8, 4) is 11.1 Å². The highest BCUT2D eigenvalue weighted by molar-refractivity contribution is 5.94. The van der Waals surface area contributed by atoms with Gasteiger partial charge in [-0.15, -0.1) is 0 Å². The van der Waals surface area contributed by atoms with Crippen LogP contribution in [0.3, 0.4) is 0 Å². The Bertz CT molecular complexity index is 1110. The minimum atomic E-state index is -1.05. The van der Waals surface area contributed by atoms with Crippen LogP contribution >= 0.6 is 0 Å². The summed E-state index contributed by atoms with van der Waals surface area (Å²) >= 11 is 0. The Morgan fingerprint density at radius 3 is 2.21 bits per heavy atom. The van der Waals surface area contributed by atoms with E-state index >= 15 is 0 Å². The van der Waals surface area contributed by atoms with E-state index in [0.717, 1.165) is 27.8 Å². The molecule has 6 heteroatoms. The molecule has 1 amide bonds. The fraction of sp³-hybridized carbons (Fsp3) is 0.286. The molecule has 0 aromatic heterocycles. The highest BCUT2D eigenvalue weighted by Crippen LogP contribution is 2.30. The van der Waals surface area contributed by atoms with E-state index in [-0.39, 0.29) is 18.2 Å². The molecule has 0 radical (unpaired) electrons. The van der Waals surface area contributed by atoms with Gasteiger partial charge in [0.05, 0.1) is 0 Å². The average molecular weight is 460 g/mol. The summed E-state index contributed by atoms with van der Waals surface area (Å²) in [5.41, 5.74) is 17.5. The maximum absolute atomic E-state index is 12.8. The van der Waals surface area contributed by atoms with Crippen LogP contribution in [0.25, 0.3) is 11.1 Å². The van der Waals surface area contributed by atoms with Gasteiger partial charge in [-0.05, 0) is 58.4 Å². The third-order valence-corrected chi connectivity index (χ3v) is 6.15. The van der Waals surface area contributed by atoms with Gasteiger partial charge in [-0.2, -0.15) is 0 Å². The predicted octanol–water partition coefficient (Wildman–Crippen LogP) is 3.94. The Balaban J connectivity index is 1.72. The number of carbonyl (C=O) groups excluding carboxylic acids is 1. The molecule has 0 spiro atoms. The summed E-state index contributed by atoms with van der Waals surface area (Å²) in [7, 11) is 0. The number of nitrogens with two attached hydrogens (primary N) is 2. The van der Waals surface area contributed by atoms with Crippen molar-refractivity contribution in [2.45, 2.75) is 38.8 Å². The third-order valence-electron chi connectivity index (χ3n) is 6.15. The molecule has 2 atom stereocenters. The lowest BCUT2D eigenvalue weighted by Gasteiger charge is -2.25. The van der Waals surface area contributed by atoms with Gasteiger partial charge in [0, 0.05) is 24.6 Å². The van der Waals surface area contributed by atoms with Crippen LogP contribution < -0.4 is 16.8 Å². The average Bonchev–Trinajstić information content (AvgIpc) is 2.84. The van der Waals surface area contributed by atoms with Crippen LogP contribution in [0, 0.1) is 5.92 Å². The molecular formula is C28H33N3O3. The van der Waals surface area contributed by atoms with Gasteiger partial charge >= 0.3 is 5.97 Å². The van der Waals surface area contributed by atoms with Gasteiger partial charge in [0.25, 0.3) is 5.91 Å². The summed E-state index contributed by atoms with van der Waals surface area (Å²) in [5, 5.41) is 12.0. The minimum Gasteiger partial charge on any atom is -0.480 e. The molecule has 0 fully saturated rings. The number of carboxylic acids is 1. The number of hydrogen-bond acceptors (Lipinski definition) is 4. The smallest absolute Gasteiger partial charge is 0.320 e. The van der Waals surface area contributed by atoms with Gasteiger partial charge in [-0.3, -0.25) is 9.59 Å². The zero-order valence-corrected chi connectivity index (χ0v) is 19.7. The molecule has 3 aromatic carbocycles. The van der Waals surface area contributed by atoms with Gasteiger partial charge in [-0.25, -0.2) is 0 Å². The molecule has 0 saturated heterocycles. The summed E-state index contributed by atoms with van der Waals surface area (Å²) < 4.78 is 0. The number of carboxylic acid groups (broad SMARTS) is 1. The van der Waals surface area contributed by atoms with Crippen molar-refractivity contribution in [2.75, 3.05) is 6.54 Å². The van der Waals surface area contributed by atoms with Crippen LogP contribution in [0.5, 0.6) is 0 Å². The van der Waals surface area contributed by atoms with Crippen LogP contribution in [-0.4, -0.2) is 29.6 Å². The molecule has 34 heavy (non-hydrogen) atoms. The van der Waals surface area contributed by atoms with Crippen molar-refractivity contribution in [1.82, 2.24) is 5.32 Å². The van der Waals surface area contributed by atoms with Crippen LogP contribution in [0.1, 0.15) is 46.8 Å². The second kappa shape index (κ2) is 11.6. The summed E-state index contributed by atoms with van der Waals surface area (Å²) in [6.07, 6.45) is 0.216. The molecule has 3 aromatic rings. The van der Waals surface area contributed by atoms with E-state index in [9.17, 15) is 9.59 Å². The minimum absolute atomic E-state index is 0.111. The molecule has 0 saturated carbocycles. The number of rotatable bonds is 10. The highest BCUT2D eigenvalue weighted by Gasteiger charge is 2.21. The molecule has 0 heterocycles. The van der Waals surface area contributed by atoms with E-state index in [1.165, 1.54) is 0 Å². The number of nitrogens with one attached hydrogen (secondary N) is 1. The van der Waals surface area contributed by atoms with E-state index in [2.05, 4.69) is 49.5 Å². The van der Waals surface area contributed by atoms with Gasteiger partial charge in [0.15, 0.2) is 0 Å². The Labute approximate surface area is 201 Å². The van der Waals surface area contributed by atoms with E-state index < -0.39 is 12.0 Å². The Morgan fingerprint density at radius 2 is 1.62 bits per heavy atom. The predicted molar refractivity (Wildman–Crippen MR) is 135 cm³/mol. The second-order valence-electron chi connectivity index (χ2n) is 8.89. The number of hydrogen-bond donors (Lipinski definition) is 4. The second-order valence-corrected chi connectivity index (χ2v) is 8.89. The van der Waals surface area contributed by atoms with Crippen molar-refractivity contribution in [3.05, 3.63) is 95.1 Å². The quantitative estimate of drug-likeness (QED) is 0.366. The molecule has 3 rings (SSSR count). The van der Waals surface area contributed by atoms with Crippen molar-refractivity contribution in [3.63, 3.8) is 0 Å². The Kier molecular flexibility index (Phi) is 8.57. The topological polar surface area (TPSA) is 118 Å². The van der Waals surface area contributed by atoms with E-state index in [4.69, 9.17) is 16.6 Å². The fourth-order valence-electron chi connectivity index (χ4n) is 4.10. The van der Waals surface area contributed by atoms with E-state index in [1.807, 2.05) is 18.2 Å². The first-order chi connectivity index (χ1) is 16.3. The molecule has 0 aliphatic rings. The zero-order valence-electron chi connectivity index (χ0n) is 19.7. The number of amides is 1. The van der Waals surface area contributed by atoms with Gasteiger partial charge < -0.3 is 21.9 Å². The SMILES string of the molecule is CC(C)[C@@H](CNC(=O)c1ccc(CC(N)C(=O)O)cc1)c1ccc(-c2ccccc2)cc1CN. The summed E-state index contributed by atoms with van der Waals surface area (Å²) in [4.78, 5) is 23.7. The normalized spacial score (nSPS) is 12.9. The lowest BCUT2D eigenvalue weighted by Crippen LogP contribution is -2.32. The van der Waals surface area contributed by atoms with Gasteiger partial charge in [-0.1, -0.05) is 68.4 Å². The maximum Gasteiger partial charge on any atom is 0.320 e. The molecular weight excluding hydrogens is 426 g/mol. The summed E-state index contributed by atoms with van der Waals surface area (Å²) in [6, 6.07) is 22.5. The van der Waals surface area contributed by atoms with Gasteiger partial charge in [0.1, 0.15) is 6.04 Å². The number of benzene rings is 3. The zero-order chi connectivity index (χ0) is 24.7. The summed E-state index contributed by atoms with van der Waals surface area (Å²) in [5.74, 6) is -0.807. The number of aliphatic carboxylic acids is 1. The lowest BCUT2D eigenvalue weighted by molar-refractivity contribution is -0.138. The molecule has 178 valence electrons.